The van der Waals surface area contributed by atoms with Gasteiger partial charge in [0.05, 0.1) is 6.04 Å². The van der Waals surface area contributed by atoms with Crippen molar-refractivity contribution in [2.75, 3.05) is 0 Å². The summed E-state index contributed by atoms with van der Waals surface area (Å²) < 4.78 is 1.87. The van der Waals surface area contributed by atoms with Gasteiger partial charge in [-0.3, -0.25) is 4.79 Å². The Balaban J connectivity index is 2.61. The van der Waals surface area contributed by atoms with Crippen LogP contribution in [0.4, 0.5) is 0 Å². The predicted octanol–water partition coefficient (Wildman–Crippen LogP) is 3.77. The molecular formula is C19H26N2O. The maximum atomic E-state index is 13.0. The highest BCUT2D eigenvalue weighted by molar-refractivity contribution is 5.32. The van der Waals surface area contributed by atoms with E-state index < -0.39 is 6.04 Å². The van der Waals surface area contributed by atoms with E-state index in [1.807, 2.05) is 60.9 Å². The average molecular weight is 298 g/mol. The van der Waals surface area contributed by atoms with Gasteiger partial charge in [0.1, 0.15) is 0 Å². The van der Waals surface area contributed by atoms with E-state index in [1.54, 1.807) is 0 Å². The van der Waals surface area contributed by atoms with Gasteiger partial charge in [-0.05, 0) is 31.5 Å². The van der Waals surface area contributed by atoms with Crippen LogP contribution in [0.25, 0.3) is 0 Å². The van der Waals surface area contributed by atoms with Gasteiger partial charge in [0.15, 0.2) is 0 Å². The second kappa shape index (κ2) is 6.09. The molecule has 0 aliphatic heterocycles. The van der Waals surface area contributed by atoms with Gasteiger partial charge >= 0.3 is 0 Å². The summed E-state index contributed by atoms with van der Waals surface area (Å²) in [6.45, 7) is 10.4. The molecule has 0 aliphatic carbocycles. The molecule has 1 atom stereocenters. The SMILES string of the molecule is CC(C)n1c(C(C)(C)C)ccc(C(N)c2ccccc2)c1=O. The number of aromatic nitrogens is 1. The molecule has 0 fully saturated rings. The Kier molecular flexibility index (Phi) is 4.57. The maximum absolute atomic E-state index is 13.0. The highest BCUT2D eigenvalue weighted by Gasteiger charge is 2.23. The molecule has 0 spiro atoms. The van der Waals surface area contributed by atoms with Gasteiger partial charge in [0.2, 0.25) is 0 Å². The Morgan fingerprint density at radius 3 is 2.09 bits per heavy atom. The van der Waals surface area contributed by atoms with E-state index >= 15 is 0 Å². The van der Waals surface area contributed by atoms with Crippen molar-refractivity contribution in [1.29, 1.82) is 0 Å². The van der Waals surface area contributed by atoms with Crippen LogP contribution >= 0.6 is 0 Å². The number of pyridine rings is 1. The third-order valence-electron chi connectivity index (χ3n) is 3.92. The molecular weight excluding hydrogens is 272 g/mol. The summed E-state index contributed by atoms with van der Waals surface area (Å²) in [6.07, 6.45) is 0. The summed E-state index contributed by atoms with van der Waals surface area (Å²) in [4.78, 5) is 13.0. The highest BCUT2D eigenvalue weighted by Crippen LogP contribution is 2.25. The zero-order chi connectivity index (χ0) is 16.5. The van der Waals surface area contributed by atoms with Crippen molar-refractivity contribution < 1.29 is 0 Å². The molecule has 0 saturated heterocycles. The molecule has 22 heavy (non-hydrogen) atoms. The highest BCUT2D eigenvalue weighted by atomic mass is 16.1. The predicted molar refractivity (Wildman–Crippen MR) is 92.3 cm³/mol. The van der Waals surface area contributed by atoms with Crippen molar-refractivity contribution in [3.05, 3.63) is 69.6 Å². The molecule has 3 heteroatoms. The molecule has 0 saturated carbocycles. The van der Waals surface area contributed by atoms with Crippen molar-refractivity contribution in [1.82, 2.24) is 4.57 Å². The van der Waals surface area contributed by atoms with Crippen molar-refractivity contribution in [2.24, 2.45) is 5.73 Å². The number of nitrogens with two attached hydrogens (primary N) is 1. The fourth-order valence-electron chi connectivity index (χ4n) is 2.77. The first-order valence-electron chi connectivity index (χ1n) is 7.80. The van der Waals surface area contributed by atoms with E-state index in [1.165, 1.54) is 0 Å². The quantitative estimate of drug-likeness (QED) is 0.937. The Hall–Kier alpha value is -1.87. The standard InChI is InChI=1S/C19H26N2O/c1-13(2)21-16(19(3,4)5)12-11-15(18(21)22)17(20)14-9-7-6-8-10-14/h6-13,17H,20H2,1-5H3. The van der Waals surface area contributed by atoms with Crippen LogP contribution in [0.3, 0.4) is 0 Å². The van der Waals surface area contributed by atoms with Crippen LogP contribution in [0, 0.1) is 0 Å². The second-order valence-corrected chi connectivity index (χ2v) is 7.08. The second-order valence-electron chi connectivity index (χ2n) is 7.08. The van der Waals surface area contributed by atoms with Crippen LogP contribution in [0.1, 0.15) is 63.5 Å². The third-order valence-corrected chi connectivity index (χ3v) is 3.92. The van der Waals surface area contributed by atoms with Crippen molar-refractivity contribution in [3.8, 4) is 0 Å². The Labute approximate surface area is 132 Å². The largest absolute Gasteiger partial charge is 0.320 e. The molecule has 3 nitrogen and oxygen atoms in total. The zero-order valence-electron chi connectivity index (χ0n) is 14.1. The smallest absolute Gasteiger partial charge is 0.256 e. The van der Waals surface area contributed by atoms with Gasteiger partial charge in [-0.1, -0.05) is 51.1 Å². The van der Waals surface area contributed by atoms with Gasteiger partial charge in [0, 0.05) is 22.7 Å². The maximum Gasteiger partial charge on any atom is 0.256 e. The number of rotatable bonds is 3. The molecule has 2 aromatic rings. The molecule has 0 amide bonds. The molecule has 0 radical (unpaired) electrons. The third kappa shape index (κ3) is 3.14. The Bertz CT molecular complexity index is 694. The minimum absolute atomic E-state index is 0.0128. The van der Waals surface area contributed by atoms with Crippen molar-refractivity contribution in [2.45, 2.75) is 52.1 Å². The van der Waals surface area contributed by atoms with E-state index in [-0.39, 0.29) is 17.0 Å². The monoisotopic (exact) mass is 298 g/mol. The number of benzene rings is 1. The van der Waals surface area contributed by atoms with Crippen molar-refractivity contribution >= 4 is 0 Å². The first-order valence-corrected chi connectivity index (χ1v) is 7.80. The van der Waals surface area contributed by atoms with E-state index in [4.69, 9.17) is 5.73 Å². The molecule has 118 valence electrons. The normalized spacial score (nSPS) is 13.4. The average Bonchev–Trinajstić information content (AvgIpc) is 2.45. The zero-order valence-corrected chi connectivity index (χ0v) is 14.1. The van der Waals surface area contributed by atoms with E-state index in [0.29, 0.717) is 5.56 Å². The molecule has 1 aromatic heterocycles. The molecule has 2 N–H and O–H groups in total. The van der Waals surface area contributed by atoms with Gasteiger partial charge in [0.25, 0.3) is 5.56 Å². The number of nitrogens with zero attached hydrogens (tertiary/aromatic N) is 1. The van der Waals surface area contributed by atoms with E-state index in [9.17, 15) is 4.79 Å². The number of hydrogen-bond donors (Lipinski definition) is 1. The van der Waals surface area contributed by atoms with Crippen LogP contribution in [0.5, 0.6) is 0 Å². The van der Waals surface area contributed by atoms with E-state index in [2.05, 4.69) is 20.8 Å². The molecule has 2 rings (SSSR count). The lowest BCUT2D eigenvalue weighted by Gasteiger charge is -2.27. The summed E-state index contributed by atoms with van der Waals surface area (Å²) >= 11 is 0. The van der Waals surface area contributed by atoms with Crippen LogP contribution in [0.15, 0.2) is 47.3 Å². The molecule has 1 unspecified atom stereocenters. The fraction of sp³-hybridized carbons (Fsp3) is 0.421. The summed E-state index contributed by atoms with van der Waals surface area (Å²) in [5, 5.41) is 0. The Morgan fingerprint density at radius 2 is 1.59 bits per heavy atom. The first kappa shape index (κ1) is 16.5. The summed E-state index contributed by atoms with van der Waals surface area (Å²) in [6, 6.07) is 13.4. The summed E-state index contributed by atoms with van der Waals surface area (Å²) in [7, 11) is 0. The lowest BCUT2D eigenvalue weighted by atomic mass is 9.89. The molecule has 0 bridgehead atoms. The minimum Gasteiger partial charge on any atom is -0.320 e. The summed E-state index contributed by atoms with van der Waals surface area (Å²) in [5.74, 6) is 0. The molecule has 1 aromatic carbocycles. The van der Waals surface area contributed by atoms with Crippen LogP contribution in [-0.2, 0) is 5.41 Å². The van der Waals surface area contributed by atoms with Gasteiger partial charge in [-0.25, -0.2) is 0 Å². The lowest BCUT2D eigenvalue weighted by molar-refractivity contribution is 0.463. The van der Waals surface area contributed by atoms with Crippen molar-refractivity contribution in [3.63, 3.8) is 0 Å². The van der Waals surface area contributed by atoms with Gasteiger partial charge in [-0.15, -0.1) is 0 Å². The van der Waals surface area contributed by atoms with Gasteiger partial charge in [-0.2, -0.15) is 0 Å². The number of hydrogen-bond acceptors (Lipinski definition) is 2. The van der Waals surface area contributed by atoms with Crippen LogP contribution < -0.4 is 11.3 Å². The van der Waals surface area contributed by atoms with E-state index in [0.717, 1.165) is 11.3 Å². The van der Waals surface area contributed by atoms with Crippen LogP contribution in [0.2, 0.25) is 0 Å². The fourth-order valence-corrected chi connectivity index (χ4v) is 2.77. The first-order chi connectivity index (χ1) is 10.2. The minimum atomic E-state index is -0.396. The summed E-state index contributed by atoms with van der Waals surface area (Å²) in [5.41, 5.74) is 8.90. The van der Waals surface area contributed by atoms with Crippen LogP contribution in [-0.4, -0.2) is 4.57 Å². The lowest BCUT2D eigenvalue weighted by Crippen LogP contribution is -2.35. The molecule has 1 heterocycles. The Morgan fingerprint density at radius 1 is 1.00 bits per heavy atom. The van der Waals surface area contributed by atoms with Gasteiger partial charge < -0.3 is 10.3 Å². The molecule has 0 aliphatic rings. The topological polar surface area (TPSA) is 48.0 Å².